The highest BCUT2D eigenvalue weighted by Gasteiger charge is 2.38. The Bertz CT molecular complexity index is 882. The number of halogens is 1. The number of ether oxygens (including phenoxy) is 1. The summed E-state index contributed by atoms with van der Waals surface area (Å²) in [5.74, 6) is 0.309. The van der Waals surface area contributed by atoms with E-state index in [-0.39, 0.29) is 11.8 Å². The van der Waals surface area contributed by atoms with Crippen molar-refractivity contribution >= 4 is 29.1 Å². The van der Waals surface area contributed by atoms with Crippen LogP contribution in [0.2, 0.25) is 5.02 Å². The topological polar surface area (TPSA) is 58.6 Å². The normalized spacial score (nSPS) is 15.6. The van der Waals surface area contributed by atoms with Crippen molar-refractivity contribution in [2.75, 3.05) is 18.1 Å². The minimum atomic E-state index is -0.624. The number of carbonyl (C=O) groups excluding carboxylic acids is 2. The van der Waals surface area contributed by atoms with E-state index in [1.54, 1.807) is 11.0 Å². The second kappa shape index (κ2) is 8.01. The molecular formula is C21H23ClN2O3. The molecule has 0 fully saturated rings. The van der Waals surface area contributed by atoms with Crippen LogP contribution in [0.25, 0.3) is 0 Å². The number of anilines is 1. The molecule has 0 saturated carbocycles. The fourth-order valence-electron chi connectivity index (χ4n) is 3.51. The van der Waals surface area contributed by atoms with Gasteiger partial charge in [0.25, 0.3) is 5.91 Å². The van der Waals surface area contributed by atoms with Gasteiger partial charge in [0, 0.05) is 19.0 Å². The number of amides is 2. The summed E-state index contributed by atoms with van der Waals surface area (Å²) in [6.07, 6.45) is 0.649. The zero-order chi connectivity index (χ0) is 19.6. The fourth-order valence-corrected chi connectivity index (χ4v) is 3.70. The maximum Gasteiger partial charge on any atom is 0.254 e. The molecule has 1 N–H and O–H groups in total. The molecule has 2 aromatic rings. The van der Waals surface area contributed by atoms with Gasteiger partial charge in [-0.15, -0.1) is 0 Å². The van der Waals surface area contributed by atoms with Crippen LogP contribution in [0, 0.1) is 13.8 Å². The maximum absolute atomic E-state index is 12.9. The van der Waals surface area contributed by atoms with E-state index < -0.39 is 6.04 Å². The third kappa shape index (κ3) is 4.08. The lowest BCUT2D eigenvalue weighted by Crippen LogP contribution is -2.37. The Morgan fingerprint density at radius 3 is 2.70 bits per heavy atom. The first-order valence-electron chi connectivity index (χ1n) is 8.95. The molecule has 2 aromatic carbocycles. The van der Waals surface area contributed by atoms with Crippen molar-refractivity contribution < 1.29 is 14.3 Å². The first-order chi connectivity index (χ1) is 12.9. The molecule has 6 heteroatoms. The molecular weight excluding hydrogens is 364 g/mol. The minimum absolute atomic E-state index is 0.105. The summed E-state index contributed by atoms with van der Waals surface area (Å²) in [4.78, 5) is 26.2. The Morgan fingerprint density at radius 1 is 1.26 bits per heavy atom. The van der Waals surface area contributed by atoms with Crippen molar-refractivity contribution in [1.82, 2.24) is 5.32 Å². The van der Waals surface area contributed by atoms with Crippen molar-refractivity contribution in [1.29, 1.82) is 0 Å². The average molecular weight is 387 g/mol. The molecule has 0 spiro atoms. The maximum atomic E-state index is 12.9. The number of nitrogens with one attached hydrogen (secondary N) is 1. The van der Waals surface area contributed by atoms with Crippen molar-refractivity contribution in [3.8, 4) is 5.75 Å². The summed E-state index contributed by atoms with van der Waals surface area (Å²) in [6.45, 7) is 6.36. The van der Waals surface area contributed by atoms with Gasteiger partial charge in [0.2, 0.25) is 5.91 Å². The van der Waals surface area contributed by atoms with Crippen LogP contribution in [0.3, 0.4) is 0 Å². The Morgan fingerprint density at radius 2 is 2.00 bits per heavy atom. The third-order valence-corrected chi connectivity index (χ3v) is 4.85. The van der Waals surface area contributed by atoms with Crippen molar-refractivity contribution in [2.24, 2.45) is 0 Å². The second-order valence-electron chi connectivity index (χ2n) is 6.78. The second-order valence-corrected chi connectivity index (χ2v) is 7.18. The summed E-state index contributed by atoms with van der Waals surface area (Å²) in [6, 6.07) is 10.7. The molecule has 1 aliphatic heterocycles. The van der Waals surface area contributed by atoms with E-state index in [1.165, 1.54) is 6.92 Å². The number of nitrogens with zero attached hydrogens (tertiary/aromatic N) is 1. The van der Waals surface area contributed by atoms with Crippen LogP contribution in [0.4, 0.5) is 5.69 Å². The lowest BCUT2D eigenvalue weighted by molar-refractivity contribution is -0.126. The van der Waals surface area contributed by atoms with Gasteiger partial charge in [0.05, 0.1) is 17.3 Å². The summed E-state index contributed by atoms with van der Waals surface area (Å²) >= 11 is 6.09. The van der Waals surface area contributed by atoms with Crippen molar-refractivity contribution in [3.05, 3.63) is 58.1 Å². The number of carbonyl (C=O) groups is 2. The Labute approximate surface area is 164 Å². The molecule has 5 nitrogen and oxygen atoms in total. The van der Waals surface area contributed by atoms with Crippen LogP contribution >= 0.6 is 11.6 Å². The standard InChI is InChI=1S/C21H23ClN2O3/c1-13-11-14(2)20-16(12-13)19(23-15(3)25)21(26)24(20)9-6-10-27-18-8-5-4-7-17(18)22/h4-5,7-8,11-12,19H,6,9-10H2,1-3H3,(H,23,25). The van der Waals surface area contributed by atoms with Gasteiger partial charge in [0.15, 0.2) is 0 Å². The van der Waals surface area contributed by atoms with Gasteiger partial charge in [-0.3, -0.25) is 9.59 Å². The van der Waals surface area contributed by atoms with Crippen LogP contribution in [0.1, 0.15) is 36.1 Å². The molecule has 0 aromatic heterocycles. The lowest BCUT2D eigenvalue weighted by Gasteiger charge is -2.20. The van der Waals surface area contributed by atoms with Gasteiger partial charge >= 0.3 is 0 Å². The Hall–Kier alpha value is -2.53. The average Bonchev–Trinajstić information content (AvgIpc) is 2.85. The highest BCUT2D eigenvalue weighted by atomic mass is 35.5. The highest BCUT2D eigenvalue weighted by Crippen LogP contribution is 2.39. The third-order valence-electron chi connectivity index (χ3n) is 4.54. The molecule has 0 aliphatic carbocycles. The summed E-state index contributed by atoms with van der Waals surface area (Å²) in [5, 5.41) is 3.34. The van der Waals surface area contributed by atoms with Gasteiger partial charge in [-0.1, -0.05) is 41.4 Å². The van der Waals surface area contributed by atoms with E-state index in [4.69, 9.17) is 16.3 Å². The van der Waals surface area contributed by atoms with Crippen LogP contribution in [0.5, 0.6) is 5.75 Å². The molecule has 1 aliphatic rings. The van der Waals surface area contributed by atoms with E-state index >= 15 is 0 Å². The molecule has 1 unspecified atom stereocenters. The monoisotopic (exact) mass is 386 g/mol. The number of rotatable bonds is 6. The molecule has 0 saturated heterocycles. The number of benzene rings is 2. The predicted octanol–water partition coefficient (Wildman–Crippen LogP) is 3.95. The number of hydrogen-bond acceptors (Lipinski definition) is 3. The first kappa shape index (κ1) is 19.2. The Balaban J connectivity index is 1.73. The van der Waals surface area contributed by atoms with Crippen molar-refractivity contribution in [2.45, 2.75) is 33.2 Å². The molecule has 27 heavy (non-hydrogen) atoms. The predicted molar refractivity (Wildman–Crippen MR) is 106 cm³/mol. The van der Waals surface area contributed by atoms with E-state index in [9.17, 15) is 9.59 Å². The van der Waals surface area contributed by atoms with Crippen LogP contribution in [-0.2, 0) is 9.59 Å². The first-order valence-corrected chi connectivity index (χ1v) is 9.33. The molecule has 1 atom stereocenters. The van der Waals surface area contributed by atoms with E-state index in [0.717, 1.165) is 22.4 Å². The van der Waals surface area contributed by atoms with Crippen LogP contribution in [-0.4, -0.2) is 25.0 Å². The Kier molecular flexibility index (Phi) is 5.71. The largest absolute Gasteiger partial charge is 0.492 e. The molecule has 0 radical (unpaired) electrons. The van der Waals surface area contributed by atoms with Gasteiger partial charge in [-0.25, -0.2) is 0 Å². The zero-order valence-corrected chi connectivity index (χ0v) is 16.5. The van der Waals surface area contributed by atoms with E-state index in [0.29, 0.717) is 30.3 Å². The molecule has 1 heterocycles. The van der Waals surface area contributed by atoms with Gasteiger partial charge < -0.3 is 15.0 Å². The van der Waals surface area contributed by atoms with Crippen molar-refractivity contribution in [3.63, 3.8) is 0 Å². The lowest BCUT2D eigenvalue weighted by atomic mass is 10.0. The fraction of sp³-hybridized carbons (Fsp3) is 0.333. The van der Waals surface area contributed by atoms with Gasteiger partial charge in [-0.2, -0.15) is 0 Å². The van der Waals surface area contributed by atoms with Crippen LogP contribution in [0.15, 0.2) is 36.4 Å². The van der Waals surface area contributed by atoms with Gasteiger partial charge in [0.1, 0.15) is 11.8 Å². The smallest absolute Gasteiger partial charge is 0.254 e. The molecule has 0 bridgehead atoms. The molecule has 3 rings (SSSR count). The summed E-state index contributed by atoms with van der Waals surface area (Å²) < 4.78 is 5.72. The van der Waals surface area contributed by atoms with E-state index in [2.05, 4.69) is 11.4 Å². The SMILES string of the molecule is CC(=O)NC1C(=O)N(CCCOc2ccccc2Cl)c2c(C)cc(C)cc21. The molecule has 2 amide bonds. The minimum Gasteiger partial charge on any atom is -0.492 e. The number of aryl methyl sites for hydroxylation is 2. The number of fused-ring (bicyclic) bond motifs is 1. The quantitative estimate of drug-likeness (QED) is 0.765. The van der Waals surface area contributed by atoms with E-state index in [1.807, 2.05) is 38.1 Å². The number of para-hydroxylation sites is 1. The summed E-state index contributed by atoms with van der Waals surface area (Å²) in [7, 11) is 0. The van der Waals surface area contributed by atoms with Crippen LogP contribution < -0.4 is 15.0 Å². The number of hydrogen-bond donors (Lipinski definition) is 1. The molecule has 142 valence electrons. The highest BCUT2D eigenvalue weighted by molar-refractivity contribution is 6.32. The zero-order valence-electron chi connectivity index (χ0n) is 15.7. The van der Waals surface area contributed by atoms with Gasteiger partial charge in [-0.05, 0) is 38.0 Å². The summed E-state index contributed by atoms with van der Waals surface area (Å²) in [5.41, 5.74) is 3.85.